The highest BCUT2D eigenvalue weighted by atomic mass is 35.5. The maximum absolute atomic E-state index is 9.76. The van der Waals surface area contributed by atoms with E-state index >= 15 is 0 Å². The smallest absolute Gasteiger partial charge is 0.176 e. The summed E-state index contributed by atoms with van der Waals surface area (Å²) in [6.07, 6.45) is 5.17. The van der Waals surface area contributed by atoms with E-state index in [0.717, 1.165) is 16.8 Å². The number of benzene rings is 1. The number of methoxy groups -OCH3 is 2. The monoisotopic (exact) mass is 397 g/mol. The van der Waals surface area contributed by atoms with E-state index in [0.29, 0.717) is 28.5 Å². The average Bonchev–Trinajstić information content (AvgIpc) is 3.42. The first-order valence-corrected chi connectivity index (χ1v) is 8.66. The molecule has 3 aromatic heterocycles. The van der Waals surface area contributed by atoms with Crippen LogP contribution in [0, 0.1) is 11.3 Å². The zero-order valence-corrected chi connectivity index (χ0v) is 16.2. The van der Waals surface area contributed by atoms with Crippen molar-refractivity contribution in [2.75, 3.05) is 14.2 Å². The number of nitrogens with one attached hydrogen (secondary N) is 1. The minimum Gasteiger partial charge on any atom is -0.495 e. The maximum Gasteiger partial charge on any atom is 0.176 e. The second-order valence-electron chi connectivity index (χ2n) is 6.04. The molecule has 142 valence electrons. The topological polar surface area (TPSA) is 107 Å². The Bertz CT molecular complexity index is 1200. The first-order chi connectivity index (χ1) is 13.6. The third kappa shape index (κ3) is 2.62. The SMILES string of the molecule is COCc1n[nH]c(-c2c(-n3ccnc3)c3cc(OC)c(Cl)c(C#N)c3n2C)n1. The van der Waals surface area contributed by atoms with E-state index in [-0.39, 0.29) is 11.6 Å². The fourth-order valence-corrected chi connectivity index (χ4v) is 3.59. The molecule has 0 atom stereocenters. The van der Waals surface area contributed by atoms with Crippen molar-refractivity contribution in [3.05, 3.63) is 41.2 Å². The van der Waals surface area contributed by atoms with Gasteiger partial charge in [-0.05, 0) is 6.07 Å². The van der Waals surface area contributed by atoms with E-state index < -0.39 is 0 Å². The molecule has 0 aliphatic heterocycles. The zero-order valence-electron chi connectivity index (χ0n) is 15.4. The first kappa shape index (κ1) is 18.0. The van der Waals surface area contributed by atoms with Gasteiger partial charge in [0.25, 0.3) is 0 Å². The van der Waals surface area contributed by atoms with Crippen LogP contribution in [-0.4, -0.2) is 43.5 Å². The van der Waals surface area contributed by atoms with E-state index in [2.05, 4.69) is 26.2 Å². The molecule has 0 saturated carbocycles. The van der Waals surface area contributed by atoms with Crippen LogP contribution in [0.1, 0.15) is 11.4 Å². The van der Waals surface area contributed by atoms with Gasteiger partial charge in [0.15, 0.2) is 11.6 Å². The number of hydrogen-bond acceptors (Lipinski definition) is 6. The molecule has 4 aromatic rings. The molecule has 1 N–H and O–H groups in total. The summed E-state index contributed by atoms with van der Waals surface area (Å²) in [6.45, 7) is 0.282. The van der Waals surface area contributed by atoms with E-state index in [1.165, 1.54) is 7.11 Å². The molecule has 1 aromatic carbocycles. The van der Waals surface area contributed by atoms with Gasteiger partial charge in [-0.3, -0.25) is 5.10 Å². The van der Waals surface area contributed by atoms with Gasteiger partial charge in [-0.25, -0.2) is 9.97 Å². The van der Waals surface area contributed by atoms with E-state index in [4.69, 9.17) is 21.1 Å². The van der Waals surface area contributed by atoms with Gasteiger partial charge in [0.2, 0.25) is 0 Å². The molecule has 0 bridgehead atoms. The Morgan fingerprint density at radius 1 is 1.36 bits per heavy atom. The van der Waals surface area contributed by atoms with E-state index in [1.54, 1.807) is 19.6 Å². The lowest BCUT2D eigenvalue weighted by Crippen LogP contribution is -1.99. The van der Waals surface area contributed by atoms with Gasteiger partial charge >= 0.3 is 0 Å². The normalized spacial score (nSPS) is 11.1. The number of rotatable bonds is 5. The Morgan fingerprint density at radius 3 is 2.82 bits per heavy atom. The minimum absolute atomic E-state index is 0.263. The van der Waals surface area contributed by atoms with Crippen molar-refractivity contribution in [1.82, 2.24) is 29.3 Å². The number of nitrogens with zero attached hydrogens (tertiary/aromatic N) is 6. The van der Waals surface area contributed by atoms with Crippen LogP contribution in [0.2, 0.25) is 5.02 Å². The van der Waals surface area contributed by atoms with Crippen LogP contribution >= 0.6 is 11.6 Å². The van der Waals surface area contributed by atoms with Crippen LogP contribution in [0.4, 0.5) is 0 Å². The second-order valence-corrected chi connectivity index (χ2v) is 6.41. The lowest BCUT2D eigenvalue weighted by molar-refractivity contribution is 0.178. The highest BCUT2D eigenvalue weighted by Gasteiger charge is 2.26. The largest absolute Gasteiger partial charge is 0.495 e. The van der Waals surface area contributed by atoms with Gasteiger partial charge in [0, 0.05) is 31.9 Å². The van der Waals surface area contributed by atoms with Crippen LogP contribution in [-0.2, 0) is 18.4 Å². The zero-order chi connectivity index (χ0) is 19.8. The molecule has 0 aliphatic carbocycles. The number of aromatic nitrogens is 6. The van der Waals surface area contributed by atoms with Crippen molar-refractivity contribution in [3.63, 3.8) is 0 Å². The van der Waals surface area contributed by atoms with Crippen LogP contribution in [0.25, 0.3) is 28.1 Å². The fraction of sp³-hybridized carbons (Fsp3) is 0.222. The summed E-state index contributed by atoms with van der Waals surface area (Å²) in [7, 11) is 4.94. The fourth-order valence-electron chi connectivity index (χ4n) is 3.32. The molecular formula is C18H16ClN7O2. The van der Waals surface area contributed by atoms with Crippen LogP contribution in [0.15, 0.2) is 24.8 Å². The summed E-state index contributed by atoms with van der Waals surface area (Å²) in [5.74, 6) is 1.48. The molecule has 9 nitrogen and oxygen atoms in total. The van der Waals surface area contributed by atoms with Gasteiger partial charge in [-0.15, -0.1) is 0 Å². The number of aryl methyl sites for hydroxylation is 1. The molecule has 10 heteroatoms. The number of hydrogen-bond donors (Lipinski definition) is 1. The lowest BCUT2D eigenvalue weighted by atomic mass is 10.1. The summed E-state index contributed by atoms with van der Waals surface area (Å²) in [5.41, 5.74) is 2.49. The summed E-state index contributed by atoms with van der Waals surface area (Å²) < 4.78 is 14.2. The highest BCUT2D eigenvalue weighted by Crippen LogP contribution is 2.42. The Kier molecular flexibility index (Phi) is 4.50. The first-order valence-electron chi connectivity index (χ1n) is 8.28. The molecule has 4 rings (SSSR count). The molecule has 28 heavy (non-hydrogen) atoms. The van der Waals surface area contributed by atoms with Crippen molar-refractivity contribution in [2.24, 2.45) is 7.05 Å². The van der Waals surface area contributed by atoms with E-state index in [1.807, 2.05) is 28.4 Å². The molecule has 0 saturated heterocycles. The van der Waals surface area contributed by atoms with Crippen molar-refractivity contribution in [2.45, 2.75) is 6.61 Å². The molecule has 3 heterocycles. The third-order valence-corrected chi connectivity index (χ3v) is 4.85. The standard InChI is InChI=1S/C18H16ClN7O2/c1-25-15-10(6-12(28-3)14(19)11(15)7-20)16(26-5-4-21-9-26)17(25)18-22-13(8-27-2)23-24-18/h4-6,9H,8H2,1-3H3,(H,22,23,24). The van der Waals surface area contributed by atoms with Crippen LogP contribution in [0.3, 0.4) is 0 Å². The number of ether oxygens (including phenoxy) is 2. The number of halogens is 1. The van der Waals surface area contributed by atoms with Crippen LogP contribution < -0.4 is 4.74 Å². The van der Waals surface area contributed by atoms with Gasteiger partial charge in [0.1, 0.15) is 29.1 Å². The quantitative estimate of drug-likeness (QED) is 0.555. The number of imidazole rings is 1. The third-order valence-electron chi connectivity index (χ3n) is 4.48. The molecule has 0 unspecified atom stereocenters. The molecule has 0 fully saturated rings. The number of H-pyrrole nitrogens is 1. The Labute approximate surface area is 165 Å². The number of fused-ring (bicyclic) bond motifs is 1. The van der Waals surface area contributed by atoms with Crippen molar-refractivity contribution >= 4 is 22.5 Å². The van der Waals surface area contributed by atoms with Gasteiger partial charge in [-0.1, -0.05) is 11.6 Å². The molecule has 0 radical (unpaired) electrons. The average molecular weight is 398 g/mol. The summed E-state index contributed by atoms with van der Waals surface area (Å²) in [4.78, 5) is 8.68. The van der Waals surface area contributed by atoms with Crippen molar-refractivity contribution in [1.29, 1.82) is 5.26 Å². The molecular weight excluding hydrogens is 382 g/mol. The Hall–Kier alpha value is -3.35. The number of nitriles is 1. The predicted octanol–water partition coefficient (Wildman–Crippen LogP) is 2.83. The minimum atomic E-state index is 0.263. The summed E-state index contributed by atoms with van der Waals surface area (Å²) in [6, 6.07) is 4.00. The van der Waals surface area contributed by atoms with Crippen LogP contribution in [0.5, 0.6) is 5.75 Å². The van der Waals surface area contributed by atoms with E-state index in [9.17, 15) is 5.26 Å². The summed E-state index contributed by atoms with van der Waals surface area (Å²) in [5, 5.41) is 17.9. The van der Waals surface area contributed by atoms with Crippen molar-refractivity contribution in [3.8, 4) is 29.0 Å². The molecule has 0 spiro atoms. The molecule has 0 amide bonds. The van der Waals surface area contributed by atoms with Gasteiger partial charge in [-0.2, -0.15) is 10.4 Å². The molecule has 0 aliphatic rings. The van der Waals surface area contributed by atoms with Gasteiger partial charge < -0.3 is 18.6 Å². The second kappa shape index (κ2) is 6.99. The number of aromatic amines is 1. The predicted molar refractivity (Wildman–Crippen MR) is 102 cm³/mol. The Balaban J connectivity index is 2.13. The Morgan fingerprint density at radius 2 is 2.18 bits per heavy atom. The lowest BCUT2D eigenvalue weighted by Gasteiger charge is -2.07. The van der Waals surface area contributed by atoms with Gasteiger partial charge in [0.05, 0.1) is 30.2 Å². The van der Waals surface area contributed by atoms with Crippen molar-refractivity contribution < 1.29 is 9.47 Å². The summed E-state index contributed by atoms with van der Waals surface area (Å²) >= 11 is 6.41. The highest BCUT2D eigenvalue weighted by molar-refractivity contribution is 6.34. The maximum atomic E-state index is 9.76.